The number of rotatable bonds is 7. The first kappa shape index (κ1) is 22.8. The van der Waals surface area contributed by atoms with E-state index in [0.717, 1.165) is 22.6 Å². The van der Waals surface area contributed by atoms with Crippen molar-refractivity contribution in [3.05, 3.63) is 29.8 Å². The van der Waals surface area contributed by atoms with Crippen molar-refractivity contribution in [3.63, 3.8) is 0 Å². The predicted octanol–water partition coefficient (Wildman–Crippen LogP) is 4.45. The third-order valence-corrected chi connectivity index (χ3v) is 5.27. The van der Waals surface area contributed by atoms with Gasteiger partial charge in [0.15, 0.2) is 0 Å². The van der Waals surface area contributed by atoms with Gasteiger partial charge >= 0.3 is 6.03 Å². The Labute approximate surface area is 176 Å². The number of nitrogens with one attached hydrogen (secondary N) is 2. The number of aromatic nitrogens is 2. The van der Waals surface area contributed by atoms with Crippen LogP contribution >= 0.6 is 11.3 Å². The fraction of sp³-hybridized carbons (Fsp3) is 0.524. The van der Waals surface area contributed by atoms with Crippen LogP contribution in [-0.2, 0) is 4.79 Å². The number of carbonyl (C=O) groups excluding carboxylic acids is 2. The Morgan fingerprint density at radius 3 is 2.59 bits per heavy atom. The lowest BCUT2D eigenvalue weighted by Crippen LogP contribution is -2.51. The molecule has 2 rings (SSSR count). The van der Waals surface area contributed by atoms with Crippen molar-refractivity contribution in [1.82, 2.24) is 20.4 Å². The molecule has 158 valence electrons. The van der Waals surface area contributed by atoms with E-state index >= 15 is 0 Å². The topological polar surface area (TPSA) is 87.2 Å². The molecule has 1 aromatic carbocycles. The van der Waals surface area contributed by atoms with Crippen LogP contribution in [0, 0.1) is 6.92 Å². The normalized spacial score (nSPS) is 12.3. The van der Waals surface area contributed by atoms with E-state index in [-0.39, 0.29) is 29.9 Å². The molecule has 1 atom stereocenters. The molecule has 0 saturated carbocycles. The summed E-state index contributed by atoms with van der Waals surface area (Å²) in [6.07, 6.45) is 1.01. The highest BCUT2D eigenvalue weighted by Crippen LogP contribution is 2.26. The molecular formula is C21H31N5O2S. The summed E-state index contributed by atoms with van der Waals surface area (Å²) < 4.78 is 0. The lowest BCUT2D eigenvalue weighted by Gasteiger charge is -2.32. The summed E-state index contributed by atoms with van der Waals surface area (Å²) in [6.45, 7) is 12.2. The molecule has 0 aliphatic rings. The molecule has 1 heterocycles. The Bertz CT molecular complexity index is 844. The number of benzene rings is 1. The first-order chi connectivity index (χ1) is 13.6. The second-order valence-corrected chi connectivity index (χ2v) is 9.19. The van der Waals surface area contributed by atoms with Crippen LogP contribution in [0.15, 0.2) is 24.3 Å². The van der Waals surface area contributed by atoms with Gasteiger partial charge in [-0.1, -0.05) is 42.0 Å². The van der Waals surface area contributed by atoms with Crippen molar-refractivity contribution in [3.8, 4) is 10.6 Å². The summed E-state index contributed by atoms with van der Waals surface area (Å²) in [6, 6.07) is 7.88. The van der Waals surface area contributed by atoms with Gasteiger partial charge in [0.1, 0.15) is 5.01 Å². The second-order valence-electron chi connectivity index (χ2n) is 8.21. The predicted molar refractivity (Wildman–Crippen MR) is 118 cm³/mol. The average Bonchev–Trinajstić information content (AvgIpc) is 3.08. The van der Waals surface area contributed by atoms with E-state index in [1.807, 2.05) is 65.8 Å². The van der Waals surface area contributed by atoms with E-state index in [1.54, 1.807) is 4.90 Å². The highest BCUT2D eigenvalue weighted by Gasteiger charge is 2.23. The van der Waals surface area contributed by atoms with Crippen LogP contribution < -0.4 is 10.6 Å². The van der Waals surface area contributed by atoms with Gasteiger partial charge in [0.2, 0.25) is 11.0 Å². The summed E-state index contributed by atoms with van der Waals surface area (Å²) in [4.78, 5) is 26.7. The number of anilines is 1. The zero-order chi connectivity index (χ0) is 21.6. The molecule has 1 unspecified atom stereocenters. The van der Waals surface area contributed by atoms with Crippen molar-refractivity contribution in [2.45, 2.75) is 66.0 Å². The van der Waals surface area contributed by atoms with E-state index in [9.17, 15) is 9.59 Å². The number of carbonyl (C=O) groups is 2. The van der Waals surface area contributed by atoms with E-state index in [0.29, 0.717) is 11.7 Å². The van der Waals surface area contributed by atoms with Gasteiger partial charge in [0.05, 0.1) is 0 Å². The molecule has 1 aromatic heterocycles. The molecule has 8 heteroatoms. The van der Waals surface area contributed by atoms with Gasteiger partial charge in [-0.3, -0.25) is 4.79 Å². The minimum Gasteiger partial charge on any atom is -0.333 e. The minimum atomic E-state index is -0.330. The maximum atomic E-state index is 12.6. The van der Waals surface area contributed by atoms with Crippen molar-refractivity contribution in [2.75, 3.05) is 11.9 Å². The second kappa shape index (κ2) is 9.82. The molecule has 2 N–H and O–H groups in total. The maximum absolute atomic E-state index is 12.6. The first-order valence-electron chi connectivity index (χ1n) is 9.88. The van der Waals surface area contributed by atoms with Crippen molar-refractivity contribution in [1.29, 1.82) is 0 Å². The molecule has 0 fully saturated rings. The molecule has 29 heavy (non-hydrogen) atoms. The summed E-state index contributed by atoms with van der Waals surface area (Å²) in [7, 11) is 0. The van der Waals surface area contributed by atoms with Gasteiger partial charge in [-0.25, -0.2) is 4.79 Å². The average molecular weight is 418 g/mol. The smallest absolute Gasteiger partial charge is 0.318 e. The fourth-order valence-corrected chi connectivity index (χ4v) is 3.46. The molecule has 0 bridgehead atoms. The van der Waals surface area contributed by atoms with Gasteiger partial charge < -0.3 is 15.5 Å². The van der Waals surface area contributed by atoms with Crippen LogP contribution in [-0.4, -0.2) is 45.2 Å². The number of hydrogen-bond donors (Lipinski definition) is 2. The van der Waals surface area contributed by atoms with Gasteiger partial charge in [-0.15, -0.1) is 10.2 Å². The fourth-order valence-electron chi connectivity index (χ4n) is 2.71. The highest BCUT2D eigenvalue weighted by atomic mass is 32.1. The Morgan fingerprint density at radius 2 is 1.97 bits per heavy atom. The zero-order valence-electron chi connectivity index (χ0n) is 18.1. The van der Waals surface area contributed by atoms with Crippen LogP contribution in [0.25, 0.3) is 10.6 Å². The lowest BCUT2D eigenvalue weighted by atomic mass is 10.1. The van der Waals surface area contributed by atoms with Crippen LogP contribution in [0.1, 0.15) is 53.0 Å². The third-order valence-electron chi connectivity index (χ3n) is 4.38. The zero-order valence-corrected chi connectivity index (χ0v) is 18.9. The van der Waals surface area contributed by atoms with Gasteiger partial charge in [0.25, 0.3) is 0 Å². The molecule has 0 spiro atoms. The number of urea groups is 1. The molecule has 2 aromatic rings. The summed E-state index contributed by atoms with van der Waals surface area (Å²) in [5, 5.41) is 15.2. The van der Waals surface area contributed by atoms with Crippen LogP contribution in [0.2, 0.25) is 0 Å². The first-order valence-corrected chi connectivity index (χ1v) is 10.7. The van der Waals surface area contributed by atoms with Crippen LogP contribution in [0.4, 0.5) is 9.93 Å². The SMILES string of the molecule is CCC(C)N(CCC(=O)Nc1nnc(-c2cccc(C)c2)s1)C(=O)NC(C)(C)C. The number of amides is 3. The number of nitrogens with zero attached hydrogens (tertiary/aromatic N) is 3. The van der Waals surface area contributed by atoms with E-state index in [4.69, 9.17) is 0 Å². The molecule has 7 nitrogen and oxygen atoms in total. The van der Waals surface area contributed by atoms with E-state index < -0.39 is 0 Å². The standard InChI is InChI=1S/C21H31N5O2S/c1-7-15(3)26(20(28)23-21(4,5)6)12-11-17(27)22-19-25-24-18(29-19)16-10-8-9-14(2)13-16/h8-10,13,15H,7,11-12H2,1-6H3,(H,23,28)(H,22,25,27). The lowest BCUT2D eigenvalue weighted by molar-refractivity contribution is -0.116. The Balaban J connectivity index is 1.96. The van der Waals surface area contributed by atoms with Crippen LogP contribution in [0.3, 0.4) is 0 Å². The summed E-state index contributed by atoms with van der Waals surface area (Å²) in [5.41, 5.74) is 1.79. The largest absolute Gasteiger partial charge is 0.333 e. The maximum Gasteiger partial charge on any atom is 0.318 e. The summed E-state index contributed by atoms with van der Waals surface area (Å²) in [5.74, 6) is -0.186. The molecule has 3 amide bonds. The molecule has 0 saturated heterocycles. The van der Waals surface area contributed by atoms with Gasteiger partial charge in [-0.05, 0) is 47.1 Å². The highest BCUT2D eigenvalue weighted by molar-refractivity contribution is 7.18. The van der Waals surface area contributed by atoms with Crippen molar-refractivity contribution >= 4 is 28.4 Å². The monoisotopic (exact) mass is 417 g/mol. The minimum absolute atomic E-state index is 0.0413. The Kier molecular flexibility index (Phi) is 7.73. The molecule has 0 radical (unpaired) electrons. The Morgan fingerprint density at radius 1 is 1.24 bits per heavy atom. The van der Waals surface area contributed by atoms with Crippen LogP contribution in [0.5, 0.6) is 0 Å². The summed E-state index contributed by atoms with van der Waals surface area (Å²) >= 11 is 1.34. The van der Waals surface area contributed by atoms with Gasteiger partial charge in [-0.2, -0.15) is 0 Å². The molecule has 0 aliphatic carbocycles. The van der Waals surface area contributed by atoms with E-state index in [1.165, 1.54) is 11.3 Å². The van der Waals surface area contributed by atoms with Gasteiger partial charge in [0, 0.05) is 30.1 Å². The van der Waals surface area contributed by atoms with Crippen molar-refractivity contribution < 1.29 is 9.59 Å². The third kappa shape index (κ3) is 7.12. The Hall–Kier alpha value is -2.48. The van der Waals surface area contributed by atoms with E-state index in [2.05, 4.69) is 20.8 Å². The quantitative estimate of drug-likeness (QED) is 0.697. The molecular weight excluding hydrogens is 386 g/mol. The number of hydrogen-bond acceptors (Lipinski definition) is 5. The number of aryl methyl sites for hydroxylation is 1. The molecule has 0 aliphatic heterocycles. The van der Waals surface area contributed by atoms with Crippen molar-refractivity contribution in [2.24, 2.45) is 0 Å².